The van der Waals surface area contributed by atoms with E-state index in [9.17, 15) is 9.90 Å². The van der Waals surface area contributed by atoms with Gasteiger partial charge in [0.1, 0.15) is 5.54 Å². The van der Waals surface area contributed by atoms with E-state index in [1.165, 1.54) is 0 Å². The SMILES string of the molecule is N#Cc1ccc(Cn2cncc2CCNC(=O)[C@H]2CCCN(CCO)C2(c2ccccc2)c2ccccn2)cc1. The summed E-state index contributed by atoms with van der Waals surface area (Å²) < 4.78 is 2.07. The molecule has 1 unspecified atom stereocenters. The molecule has 1 amide bonds. The number of piperidine rings is 1. The van der Waals surface area contributed by atoms with Gasteiger partial charge in [0, 0.05) is 44.1 Å². The lowest BCUT2D eigenvalue weighted by Gasteiger charge is -2.51. The van der Waals surface area contributed by atoms with Crippen LogP contribution in [0.15, 0.2) is 91.5 Å². The second-order valence-corrected chi connectivity index (χ2v) is 10.1. The van der Waals surface area contributed by atoms with Gasteiger partial charge in [-0.3, -0.25) is 14.7 Å². The number of nitriles is 1. The zero-order valence-electron chi connectivity index (χ0n) is 22.5. The molecule has 40 heavy (non-hydrogen) atoms. The molecular weight excluding hydrogens is 500 g/mol. The van der Waals surface area contributed by atoms with Crippen LogP contribution in [0.4, 0.5) is 0 Å². The lowest BCUT2D eigenvalue weighted by atomic mass is 9.69. The summed E-state index contributed by atoms with van der Waals surface area (Å²) in [5.74, 6) is -0.399. The summed E-state index contributed by atoms with van der Waals surface area (Å²) in [6.07, 6.45) is 7.62. The second kappa shape index (κ2) is 12.7. The number of hydrogen-bond donors (Lipinski definition) is 2. The van der Waals surface area contributed by atoms with E-state index in [0.717, 1.165) is 41.9 Å². The average molecular weight is 535 g/mol. The number of nitrogens with zero attached hydrogens (tertiary/aromatic N) is 5. The maximum Gasteiger partial charge on any atom is 0.225 e. The Kier molecular flexibility index (Phi) is 8.65. The third-order valence-electron chi connectivity index (χ3n) is 7.79. The van der Waals surface area contributed by atoms with Crippen LogP contribution in [0.2, 0.25) is 0 Å². The normalized spacial score (nSPS) is 19.1. The predicted octanol–water partition coefficient (Wildman–Crippen LogP) is 3.50. The molecule has 8 heteroatoms. The first-order valence-electron chi connectivity index (χ1n) is 13.8. The van der Waals surface area contributed by atoms with Crippen LogP contribution in [0.25, 0.3) is 0 Å². The Hall–Kier alpha value is -4.32. The maximum atomic E-state index is 14.0. The average Bonchev–Trinajstić information content (AvgIpc) is 3.45. The van der Waals surface area contributed by atoms with Crippen molar-refractivity contribution in [1.82, 2.24) is 24.8 Å². The quantitative estimate of drug-likeness (QED) is 0.323. The molecule has 1 fully saturated rings. The number of likely N-dealkylation sites (tertiary alicyclic amines) is 1. The molecule has 2 atom stereocenters. The number of β-amino-alcohol motifs (C(OH)–C–C–N with tert-alkyl or cyclic N) is 1. The van der Waals surface area contributed by atoms with Crippen LogP contribution in [0.3, 0.4) is 0 Å². The number of amides is 1. The number of nitrogens with one attached hydrogen (secondary N) is 1. The van der Waals surface area contributed by atoms with Crippen LogP contribution < -0.4 is 5.32 Å². The summed E-state index contributed by atoms with van der Waals surface area (Å²) in [4.78, 5) is 25.3. The van der Waals surface area contributed by atoms with Gasteiger partial charge in [0.15, 0.2) is 0 Å². The largest absolute Gasteiger partial charge is 0.395 e. The third kappa shape index (κ3) is 5.53. The molecule has 5 rings (SSSR count). The molecule has 1 aliphatic rings. The molecule has 2 aromatic heterocycles. The molecule has 0 bridgehead atoms. The second-order valence-electron chi connectivity index (χ2n) is 10.1. The van der Waals surface area contributed by atoms with E-state index < -0.39 is 5.54 Å². The van der Waals surface area contributed by atoms with E-state index in [4.69, 9.17) is 10.2 Å². The molecule has 0 aliphatic carbocycles. The van der Waals surface area contributed by atoms with E-state index in [1.807, 2.05) is 66.9 Å². The molecule has 1 aliphatic heterocycles. The van der Waals surface area contributed by atoms with Crippen molar-refractivity contribution in [3.8, 4) is 6.07 Å². The number of carbonyl (C=O) groups excluding carboxylic acids is 1. The van der Waals surface area contributed by atoms with E-state index in [-0.39, 0.29) is 18.4 Å². The van der Waals surface area contributed by atoms with Crippen LogP contribution >= 0.6 is 0 Å². The fraction of sp³-hybridized carbons (Fsp3) is 0.312. The first kappa shape index (κ1) is 27.3. The van der Waals surface area contributed by atoms with Crippen LogP contribution in [-0.2, 0) is 23.3 Å². The Bertz CT molecular complexity index is 1390. The van der Waals surface area contributed by atoms with Crippen molar-refractivity contribution in [3.05, 3.63) is 120 Å². The zero-order chi connectivity index (χ0) is 27.8. The summed E-state index contributed by atoms with van der Waals surface area (Å²) in [5, 5.41) is 22.3. The Labute approximate surface area is 234 Å². The summed E-state index contributed by atoms with van der Waals surface area (Å²) >= 11 is 0. The number of aromatic nitrogens is 3. The summed E-state index contributed by atoms with van der Waals surface area (Å²) in [6, 6.07) is 25.6. The van der Waals surface area contributed by atoms with Gasteiger partial charge < -0.3 is 15.0 Å². The van der Waals surface area contributed by atoms with Gasteiger partial charge in [-0.15, -0.1) is 0 Å². The molecule has 4 aromatic rings. The van der Waals surface area contributed by atoms with Crippen molar-refractivity contribution >= 4 is 5.91 Å². The fourth-order valence-corrected chi connectivity index (χ4v) is 5.99. The molecule has 3 heterocycles. The Balaban J connectivity index is 1.37. The Morgan fingerprint density at radius 1 is 1.10 bits per heavy atom. The minimum Gasteiger partial charge on any atom is -0.395 e. The van der Waals surface area contributed by atoms with Crippen molar-refractivity contribution in [3.63, 3.8) is 0 Å². The third-order valence-corrected chi connectivity index (χ3v) is 7.79. The van der Waals surface area contributed by atoms with E-state index in [1.54, 1.807) is 12.5 Å². The minimum atomic E-state index is -0.787. The highest BCUT2D eigenvalue weighted by atomic mass is 16.3. The van der Waals surface area contributed by atoms with Gasteiger partial charge in [0.2, 0.25) is 5.91 Å². The number of carbonyl (C=O) groups is 1. The number of aliphatic hydroxyl groups is 1. The zero-order valence-corrected chi connectivity index (χ0v) is 22.5. The standard InChI is InChI=1S/C32H34N6O2/c33-21-25-11-13-26(14-12-25)23-37-24-34-22-28(37)15-17-36-31(40)29-9-6-18-38(19-20-39)32(29,27-7-2-1-3-8-27)30-10-4-5-16-35-30/h1-5,7-8,10-14,16,22,24,29,39H,6,9,15,17-20,23H2,(H,36,40)/t29-,32?/m1/s1. The molecular formula is C32H34N6O2. The van der Waals surface area contributed by atoms with Gasteiger partial charge in [0.05, 0.1) is 36.2 Å². The first-order valence-corrected chi connectivity index (χ1v) is 13.8. The number of pyridine rings is 1. The molecule has 2 N–H and O–H groups in total. The highest BCUT2D eigenvalue weighted by Crippen LogP contribution is 2.46. The van der Waals surface area contributed by atoms with Crippen molar-refractivity contribution in [2.45, 2.75) is 31.3 Å². The van der Waals surface area contributed by atoms with E-state index in [2.05, 4.69) is 38.0 Å². The number of hydrogen-bond acceptors (Lipinski definition) is 6. The van der Waals surface area contributed by atoms with Gasteiger partial charge in [-0.05, 0) is 54.8 Å². The molecule has 1 saturated heterocycles. The molecule has 0 spiro atoms. The molecule has 2 aromatic carbocycles. The van der Waals surface area contributed by atoms with Gasteiger partial charge in [-0.25, -0.2) is 4.98 Å². The minimum absolute atomic E-state index is 0.00101. The molecule has 0 radical (unpaired) electrons. The van der Waals surface area contributed by atoms with Crippen molar-refractivity contribution < 1.29 is 9.90 Å². The smallest absolute Gasteiger partial charge is 0.225 e. The topological polar surface area (TPSA) is 107 Å². The molecule has 0 saturated carbocycles. The monoisotopic (exact) mass is 534 g/mol. The lowest BCUT2D eigenvalue weighted by molar-refractivity contribution is -0.133. The van der Waals surface area contributed by atoms with Gasteiger partial charge in [-0.2, -0.15) is 5.26 Å². The molecule has 204 valence electrons. The van der Waals surface area contributed by atoms with Crippen molar-refractivity contribution in [2.24, 2.45) is 5.92 Å². The highest BCUT2D eigenvalue weighted by molar-refractivity contribution is 5.81. The predicted molar refractivity (Wildman–Crippen MR) is 152 cm³/mol. The lowest BCUT2D eigenvalue weighted by Crippen LogP contribution is -2.60. The van der Waals surface area contributed by atoms with Gasteiger partial charge in [0.25, 0.3) is 0 Å². The van der Waals surface area contributed by atoms with Crippen LogP contribution in [0, 0.1) is 17.2 Å². The van der Waals surface area contributed by atoms with Crippen LogP contribution in [0.1, 0.15) is 40.9 Å². The summed E-state index contributed by atoms with van der Waals surface area (Å²) in [5.41, 5.74) is 3.77. The fourth-order valence-electron chi connectivity index (χ4n) is 5.99. The number of aliphatic hydroxyl groups excluding tert-OH is 1. The van der Waals surface area contributed by atoms with E-state index >= 15 is 0 Å². The van der Waals surface area contributed by atoms with Crippen molar-refractivity contribution in [2.75, 3.05) is 26.2 Å². The Morgan fingerprint density at radius 3 is 2.62 bits per heavy atom. The van der Waals surface area contributed by atoms with Gasteiger partial charge >= 0.3 is 0 Å². The number of benzene rings is 2. The van der Waals surface area contributed by atoms with Crippen molar-refractivity contribution in [1.29, 1.82) is 5.26 Å². The highest BCUT2D eigenvalue weighted by Gasteiger charge is 2.52. The number of rotatable bonds is 10. The molecule has 8 nitrogen and oxygen atoms in total. The summed E-state index contributed by atoms with van der Waals surface area (Å²) in [6.45, 7) is 2.33. The van der Waals surface area contributed by atoms with E-state index in [0.29, 0.717) is 31.6 Å². The number of imidazole rings is 1. The van der Waals surface area contributed by atoms with Crippen LogP contribution in [-0.4, -0.2) is 56.7 Å². The van der Waals surface area contributed by atoms with Gasteiger partial charge in [-0.1, -0.05) is 48.5 Å². The Morgan fingerprint density at radius 2 is 1.90 bits per heavy atom. The van der Waals surface area contributed by atoms with Crippen LogP contribution in [0.5, 0.6) is 0 Å². The first-order chi connectivity index (χ1) is 19.7. The maximum absolute atomic E-state index is 14.0. The summed E-state index contributed by atoms with van der Waals surface area (Å²) in [7, 11) is 0.